The van der Waals surface area contributed by atoms with Crippen molar-refractivity contribution < 1.29 is 6.85 Å². The number of para-hydroxylation sites is 3. The Balaban J connectivity index is 1.29. The predicted molar refractivity (Wildman–Crippen MR) is 230 cm³/mol. The minimum Gasteiger partial charge on any atom is -0.307 e. The molecule has 0 saturated heterocycles. The molecule has 0 spiro atoms. The van der Waals surface area contributed by atoms with Gasteiger partial charge in [-0.05, 0) is 41.0 Å². The number of aromatic nitrogens is 5. The molecule has 0 amide bonds. The first-order chi connectivity index (χ1) is 29.9. The largest absolute Gasteiger partial charge is 0.307 e. The maximum absolute atomic E-state index is 9.00. The lowest BCUT2D eigenvalue weighted by molar-refractivity contribution is 0.953. The SMILES string of the molecule is [2H]c1c([2H])c([2H])c(-c2nc(-c3cccc(-c4ccccc4)c3)nc(-n3c4ccccc4c4ccc5c6ccccc6n(-c6ccccc6-c6ccccc6)c5c43)n2)c([2H])c1[2H]. The summed E-state index contributed by atoms with van der Waals surface area (Å²) in [7, 11) is 0. The van der Waals surface area contributed by atoms with Gasteiger partial charge in [-0.1, -0.05) is 176 Å². The summed E-state index contributed by atoms with van der Waals surface area (Å²) in [4.78, 5) is 15.2. The van der Waals surface area contributed by atoms with E-state index in [1.54, 1.807) is 0 Å². The van der Waals surface area contributed by atoms with Gasteiger partial charge in [0.2, 0.25) is 5.95 Å². The van der Waals surface area contributed by atoms with E-state index in [4.69, 9.17) is 21.8 Å². The van der Waals surface area contributed by atoms with Gasteiger partial charge in [-0.2, -0.15) is 9.97 Å². The van der Waals surface area contributed by atoms with Crippen LogP contribution in [0.2, 0.25) is 0 Å². The Morgan fingerprint density at radius 3 is 1.62 bits per heavy atom. The number of hydrogen-bond acceptors (Lipinski definition) is 3. The van der Waals surface area contributed by atoms with Crippen LogP contribution in [0.3, 0.4) is 0 Å². The molecule has 0 aliphatic rings. The van der Waals surface area contributed by atoms with E-state index < -0.39 is 30.2 Å². The Morgan fingerprint density at radius 1 is 0.375 bits per heavy atom. The quantitative estimate of drug-likeness (QED) is 0.172. The number of benzene rings is 8. The number of nitrogens with zero attached hydrogens (tertiary/aromatic N) is 5. The highest BCUT2D eigenvalue weighted by molar-refractivity contribution is 6.24. The molecule has 5 heteroatoms. The van der Waals surface area contributed by atoms with Crippen LogP contribution < -0.4 is 0 Å². The first-order valence-corrected chi connectivity index (χ1v) is 18.5. The molecule has 0 N–H and O–H groups in total. The van der Waals surface area contributed by atoms with Crippen molar-refractivity contribution in [1.29, 1.82) is 0 Å². The zero-order valence-corrected chi connectivity index (χ0v) is 29.9. The second-order valence-corrected chi connectivity index (χ2v) is 13.7. The summed E-state index contributed by atoms with van der Waals surface area (Å²) in [5.74, 6) is 0.497. The highest BCUT2D eigenvalue weighted by Crippen LogP contribution is 2.43. The highest BCUT2D eigenvalue weighted by atomic mass is 15.2. The Kier molecular flexibility index (Phi) is 6.29. The number of hydrogen-bond donors (Lipinski definition) is 0. The molecule has 0 saturated carbocycles. The van der Waals surface area contributed by atoms with Crippen molar-refractivity contribution in [1.82, 2.24) is 24.1 Å². The second-order valence-electron chi connectivity index (χ2n) is 13.7. The zero-order valence-electron chi connectivity index (χ0n) is 34.9. The molecule has 56 heavy (non-hydrogen) atoms. The molecule has 0 aliphatic heterocycles. The maximum Gasteiger partial charge on any atom is 0.238 e. The minimum atomic E-state index is -0.489. The van der Waals surface area contributed by atoms with Gasteiger partial charge >= 0.3 is 0 Å². The van der Waals surface area contributed by atoms with Gasteiger partial charge in [0.1, 0.15) is 0 Å². The van der Waals surface area contributed by atoms with Crippen LogP contribution >= 0.6 is 0 Å². The van der Waals surface area contributed by atoms with E-state index in [2.05, 4.69) is 95.6 Å². The fourth-order valence-electron chi connectivity index (χ4n) is 8.03. The Labute approximate surface area is 330 Å². The average molecular weight is 721 g/mol. The molecule has 0 atom stereocenters. The smallest absolute Gasteiger partial charge is 0.238 e. The van der Waals surface area contributed by atoms with Crippen LogP contribution in [0.1, 0.15) is 6.85 Å². The van der Waals surface area contributed by atoms with E-state index in [1.165, 1.54) is 0 Å². The Bertz CT molecular complexity index is 3520. The van der Waals surface area contributed by atoms with Crippen LogP contribution in [0.4, 0.5) is 0 Å². The first-order valence-electron chi connectivity index (χ1n) is 21.0. The van der Waals surface area contributed by atoms with Gasteiger partial charge in [0, 0.05) is 38.2 Å². The Hall–Kier alpha value is -7.63. The van der Waals surface area contributed by atoms with Crippen molar-refractivity contribution in [3.63, 3.8) is 0 Å². The number of fused-ring (bicyclic) bond motifs is 7. The molecule has 3 heterocycles. The molecule has 0 aliphatic carbocycles. The minimum absolute atomic E-state index is 0.0322. The maximum atomic E-state index is 9.00. The van der Waals surface area contributed by atoms with Crippen LogP contribution in [-0.2, 0) is 0 Å². The Morgan fingerprint density at radius 2 is 0.911 bits per heavy atom. The molecule has 0 unspecified atom stereocenters. The van der Waals surface area contributed by atoms with Gasteiger partial charge < -0.3 is 4.57 Å². The van der Waals surface area contributed by atoms with Gasteiger partial charge in [-0.15, -0.1) is 0 Å². The van der Waals surface area contributed by atoms with Crippen molar-refractivity contribution in [3.8, 4) is 56.7 Å². The second kappa shape index (κ2) is 13.0. The molecule has 0 radical (unpaired) electrons. The van der Waals surface area contributed by atoms with Crippen molar-refractivity contribution in [2.75, 3.05) is 0 Å². The first kappa shape index (κ1) is 27.0. The third-order valence-electron chi connectivity index (χ3n) is 10.5. The monoisotopic (exact) mass is 720 g/mol. The number of rotatable bonds is 6. The topological polar surface area (TPSA) is 48.5 Å². The summed E-state index contributed by atoms with van der Waals surface area (Å²) < 4.78 is 47.9. The molecular weight excluding hydrogens is 683 g/mol. The van der Waals surface area contributed by atoms with Gasteiger partial charge in [-0.25, -0.2) is 4.98 Å². The summed E-state index contributed by atoms with van der Waals surface area (Å²) in [5.41, 5.74) is 9.33. The molecule has 3 aromatic heterocycles. The van der Waals surface area contributed by atoms with Crippen LogP contribution in [-0.4, -0.2) is 24.1 Å². The van der Waals surface area contributed by atoms with Crippen LogP contribution in [0.25, 0.3) is 100 Å². The van der Waals surface area contributed by atoms with Gasteiger partial charge in [0.05, 0.1) is 34.6 Å². The predicted octanol–water partition coefficient (Wildman–Crippen LogP) is 12.7. The molecule has 5 nitrogen and oxygen atoms in total. The van der Waals surface area contributed by atoms with Gasteiger partial charge in [-0.3, -0.25) is 4.57 Å². The van der Waals surface area contributed by atoms with Crippen molar-refractivity contribution in [2.45, 2.75) is 0 Å². The summed E-state index contributed by atoms with van der Waals surface area (Å²) in [6.07, 6.45) is 0. The summed E-state index contributed by atoms with van der Waals surface area (Å²) in [6, 6.07) is 55.4. The van der Waals surface area contributed by atoms with Gasteiger partial charge in [0.25, 0.3) is 0 Å². The van der Waals surface area contributed by atoms with Crippen molar-refractivity contribution in [2.24, 2.45) is 0 Å². The lowest BCUT2D eigenvalue weighted by atomic mass is 10.0. The summed E-state index contributed by atoms with van der Waals surface area (Å²) >= 11 is 0. The fourth-order valence-corrected chi connectivity index (χ4v) is 8.03. The molecule has 8 aromatic carbocycles. The molecular formula is C51H33N5. The summed E-state index contributed by atoms with van der Waals surface area (Å²) in [6.45, 7) is 0. The van der Waals surface area contributed by atoms with E-state index in [-0.39, 0.29) is 23.2 Å². The van der Waals surface area contributed by atoms with Gasteiger partial charge in [0.15, 0.2) is 11.6 Å². The molecule has 262 valence electrons. The molecule has 11 rings (SSSR count). The van der Waals surface area contributed by atoms with Crippen molar-refractivity contribution >= 4 is 43.6 Å². The van der Waals surface area contributed by atoms with Crippen molar-refractivity contribution in [3.05, 3.63) is 200 Å². The lowest BCUT2D eigenvalue weighted by Crippen LogP contribution is -2.07. The standard InChI is InChI=1S/C51H33N5/c1-4-17-34(18-5-1)37-23-16-24-38(33-37)50-52-49(36-21-8-3-9-22-36)53-51(54-50)56-46-30-15-12-27-41(46)43-32-31-42-40-26-11-14-29-45(40)55(47(42)48(43)56)44-28-13-10-25-39(44)35-19-6-2-7-20-35/h1-33H/i3D,8D,9D,21D,22D. The van der Waals surface area contributed by atoms with Crippen LogP contribution in [0.15, 0.2) is 200 Å². The third kappa shape index (κ3) is 5.13. The third-order valence-corrected chi connectivity index (χ3v) is 10.5. The normalized spacial score (nSPS) is 12.8. The fraction of sp³-hybridized carbons (Fsp3) is 0. The molecule has 0 bridgehead atoms. The van der Waals surface area contributed by atoms with Crippen LogP contribution in [0.5, 0.6) is 0 Å². The molecule has 11 aromatic rings. The summed E-state index contributed by atoms with van der Waals surface area (Å²) in [5, 5.41) is 4.06. The van der Waals surface area contributed by atoms with E-state index in [0.717, 1.165) is 71.6 Å². The van der Waals surface area contributed by atoms with E-state index in [1.807, 2.05) is 83.4 Å². The van der Waals surface area contributed by atoms with Crippen LogP contribution in [0, 0.1) is 0 Å². The van der Waals surface area contributed by atoms with E-state index in [9.17, 15) is 0 Å². The zero-order chi connectivity index (χ0) is 41.4. The van der Waals surface area contributed by atoms with E-state index in [0.29, 0.717) is 5.56 Å². The van der Waals surface area contributed by atoms with E-state index >= 15 is 0 Å². The average Bonchev–Trinajstić information content (AvgIpc) is 3.84. The highest BCUT2D eigenvalue weighted by Gasteiger charge is 2.24. The lowest BCUT2D eigenvalue weighted by Gasteiger charge is -2.16. The molecule has 0 fully saturated rings.